The van der Waals surface area contributed by atoms with E-state index in [1.165, 1.54) is 12.5 Å². The summed E-state index contributed by atoms with van der Waals surface area (Å²) in [4.78, 5) is 0. The summed E-state index contributed by atoms with van der Waals surface area (Å²) in [5, 5.41) is 3.30. The summed E-state index contributed by atoms with van der Waals surface area (Å²) in [6.07, 6.45) is 1.31. The van der Waals surface area contributed by atoms with E-state index in [-0.39, 0.29) is 12.4 Å². The van der Waals surface area contributed by atoms with Crippen molar-refractivity contribution in [1.82, 2.24) is 5.32 Å². The summed E-state index contributed by atoms with van der Waals surface area (Å²) in [7, 11) is -0.790. The molecular formula is C8H21Cl2NSi. The van der Waals surface area contributed by atoms with Crippen LogP contribution in [0.25, 0.3) is 0 Å². The molecule has 0 amide bonds. The maximum absolute atomic E-state index is 5.52. The van der Waals surface area contributed by atoms with Gasteiger partial charge in [0.15, 0.2) is 0 Å². The van der Waals surface area contributed by atoms with Crippen molar-refractivity contribution >= 4 is 32.1 Å². The number of halogens is 2. The van der Waals surface area contributed by atoms with Crippen molar-refractivity contribution in [2.45, 2.75) is 32.1 Å². The predicted molar refractivity (Wildman–Crippen MR) is 63.6 cm³/mol. The lowest BCUT2D eigenvalue weighted by Gasteiger charge is -2.14. The predicted octanol–water partition coefficient (Wildman–Crippen LogP) is 2.96. The molecule has 0 saturated carbocycles. The second kappa shape index (κ2) is 8.36. The molecule has 0 aromatic carbocycles. The summed E-state index contributed by atoms with van der Waals surface area (Å²) >= 11 is 5.52. The Morgan fingerprint density at radius 3 is 2.17 bits per heavy atom. The van der Waals surface area contributed by atoms with Crippen molar-refractivity contribution in [3.05, 3.63) is 0 Å². The number of alkyl halides is 1. The van der Waals surface area contributed by atoms with E-state index in [1.807, 2.05) is 0 Å². The second-order valence-electron chi connectivity index (χ2n) is 4.10. The molecule has 0 saturated heterocycles. The van der Waals surface area contributed by atoms with Crippen LogP contribution in [0.3, 0.4) is 0 Å². The maximum Gasteiger partial charge on any atom is 0.0443 e. The molecule has 0 fully saturated rings. The van der Waals surface area contributed by atoms with E-state index in [4.69, 9.17) is 11.6 Å². The Morgan fingerprint density at radius 2 is 1.75 bits per heavy atom. The molecule has 0 radical (unpaired) electrons. The Kier molecular flexibility index (Phi) is 10.6. The third kappa shape index (κ3) is 13.4. The molecule has 0 atom stereocenters. The monoisotopic (exact) mass is 229 g/mol. The molecule has 0 heterocycles. The van der Waals surface area contributed by atoms with Gasteiger partial charge < -0.3 is 5.32 Å². The lowest BCUT2D eigenvalue weighted by atomic mass is 10.5. The highest BCUT2D eigenvalue weighted by atomic mass is 35.5. The van der Waals surface area contributed by atoms with Gasteiger partial charge in [-0.15, -0.1) is 24.0 Å². The Morgan fingerprint density at radius 1 is 1.17 bits per heavy atom. The van der Waals surface area contributed by atoms with Crippen LogP contribution in [0.5, 0.6) is 0 Å². The topological polar surface area (TPSA) is 12.0 Å². The Labute approximate surface area is 88.7 Å². The van der Waals surface area contributed by atoms with Crippen molar-refractivity contribution in [1.29, 1.82) is 0 Å². The van der Waals surface area contributed by atoms with E-state index in [2.05, 4.69) is 25.0 Å². The molecular weight excluding hydrogens is 209 g/mol. The number of hydrogen-bond acceptors (Lipinski definition) is 1. The summed E-state index contributed by atoms with van der Waals surface area (Å²) in [5.41, 5.74) is 0. The lowest BCUT2D eigenvalue weighted by Crippen LogP contribution is -2.23. The minimum Gasteiger partial charge on any atom is -0.316 e. The fourth-order valence-electron chi connectivity index (χ4n) is 0.936. The molecule has 76 valence electrons. The standard InChI is InChI=1S/C8H20ClNSi.ClH/c1-11(2,3)8-4-6-10-7-5-9;/h10H,4-8H2,1-3H3;1H. The first-order chi connectivity index (χ1) is 5.06. The number of hydrogen-bond donors (Lipinski definition) is 1. The molecule has 0 unspecified atom stereocenters. The molecule has 0 rings (SSSR count). The number of nitrogens with one attached hydrogen (secondary N) is 1. The van der Waals surface area contributed by atoms with Gasteiger partial charge in [-0.2, -0.15) is 0 Å². The minimum atomic E-state index is -0.790. The van der Waals surface area contributed by atoms with Crippen molar-refractivity contribution in [2.75, 3.05) is 19.0 Å². The van der Waals surface area contributed by atoms with Gasteiger partial charge in [-0.3, -0.25) is 0 Å². The normalized spacial score (nSPS) is 11.0. The van der Waals surface area contributed by atoms with Gasteiger partial charge in [0.05, 0.1) is 0 Å². The van der Waals surface area contributed by atoms with E-state index in [0.29, 0.717) is 0 Å². The highest BCUT2D eigenvalue weighted by molar-refractivity contribution is 6.76. The lowest BCUT2D eigenvalue weighted by molar-refractivity contribution is 0.701. The molecule has 0 aliphatic heterocycles. The van der Waals surface area contributed by atoms with E-state index in [9.17, 15) is 0 Å². The first-order valence-corrected chi connectivity index (χ1v) is 8.57. The van der Waals surface area contributed by atoms with E-state index >= 15 is 0 Å². The van der Waals surface area contributed by atoms with Gasteiger partial charge in [0, 0.05) is 20.5 Å². The zero-order chi connectivity index (χ0) is 8.74. The summed E-state index contributed by atoms with van der Waals surface area (Å²) in [6.45, 7) is 9.32. The van der Waals surface area contributed by atoms with Gasteiger partial charge in [-0.1, -0.05) is 25.7 Å². The second-order valence-corrected chi connectivity index (χ2v) is 10.1. The Balaban J connectivity index is 0. The molecule has 0 aromatic rings. The Bertz CT molecular complexity index is 93.5. The van der Waals surface area contributed by atoms with Crippen LogP contribution in [0.2, 0.25) is 25.7 Å². The van der Waals surface area contributed by atoms with Crippen LogP contribution in [0.1, 0.15) is 6.42 Å². The van der Waals surface area contributed by atoms with Crippen LogP contribution in [0.15, 0.2) is 0 Å². The van der Waals surface area contributed by atoms with Gasteiger partial charge in [-0.25, -0.2) is 0 Å². The SMILES string of the molecule is C[Si](C)(C)CCCNCCCl.Cl. The molecule has 1 N–H and O–H groups in total. The Hall–Kier alpha value is 0.757. The first kappa shape index (κ1) is 15.2. The quantitative estimate of drug-likeness (QED) is 0.420. The van der Waals surface area contributed by atoms with Crippen molar-refractivity contribution in [2.24, 2.45) is 0 Å². The molecule has 0 aliphatic rings. The van der Waals surface area contributed by atoms with E-state index < -0.39 is 8.07 Å². The third-order valence-electron chi connectivity index (χ3n) is 1.55. The van der Waals surface area contributed by atoms with Gasteiger partial charge in [-0.05, 0) is 13.0 Å². The average Bonchev–Trinajstić information content (AvgIpc) is 1.85. The first-order valence-electron chi connectivity index (χ1n) is 4.33. The highest BCUT2D eigenvalue weighted by Gasteiger charge is 2.10. The van der Waals surface area contributed by atoms with Crippen LogP contribution >= 0.6 is 24.0 Å². The summed E-state index contributed by atoms with van der Waals surface area (Å²) in [6, 6.07) is 1.42. The number of rotatable bonds is 6. The van der Waals surface area contributed by atoms with Gasteiger partial charge in [0.25, 0.3) is 0 Å². The molecule has 1 nitrogen and oxygen atoms in total. The van der Waals surface area contributed by atoms with Gasteiger partial charge in [0.1, 0.15) is 0 Å². The van der Waals surface area contributed by atoms with Crippen LogP contribution in [-0.2, 0) is 0 Å². The van der Waals surface area contributed by atoms with Gasteiger partial charge >= 0.3 is 0 Å². The fraction of sp³-hybridized carbons (Fsp3) is 1.00. The largest absolute Gasteiger partial charge is 0.316 e. The maximum atomic E-state index is 5.52. The molecule has 0 aromatic heterocycles. The molecule has 0 aliphatic carbocycles. The van der Waals surface area contributed by atoms with Crippen LogP contribution in [0.4, 0.5) is 0 Å². The van der Waals surface area contributed by atoms with E-state index in [1.54, 1.807) is 0 Å². The summed E-state index contributed by atoms with van der Waals surface area (Å²) in [5.74, 6) is 0.729. The van der Waals surface area contributed by atoms with Crippen molar-refractivity contribution in [3.8, 4) is 0 Å². The minimum absolute atomic E-state index is 0. The average molecular weight is 230 g/mol. The van der Waals surface area contributed by atoms with E-state index in [0.717, 1.165) is 19.0 Å². The van der Waals surface area contributed by atoms with Crippen LogP contribution < -0.4 is 5.32 Å². The fourth-order valence-corrected chi connectivity index (χ4v) is 2.31. The highest BCUT2D eigenvalue weighted by Crippen LogP contribution is 2.09. The van der Waals surface area contributed by atoms with Crippen LogP contribution in [-0.4, -0.2) is 27.0 Å². The van der Waals surface area contributed by atoms with Crippen LogP contribution in [0, 0.1) is 0 Å². The molecule has 0 bridgehead atoms. The molecule has 4 heteroatoms. The summed E-state index contributed by atoms with van der Waals surface area (Å²) < 4.78 is 0. The third-order valence-corrected chi connectivity index (χ3v) is 3.59. The van der Waals surface area contributed by atoms with Crippen molar-refractivity contribution < 1.29 is 0 Å². The molecule has 12 heavy (non-hydrogen) atoms. The van der Waals surface area contributed by atoms with Crippen molar-refractivity contribution in [3.63, 3.8) is 0 Å². The van der Waals surface area contributed by atoms with Gasteiger partial charge in [0.2, 0.25) is 0 Å². The molecule has 0 spiro atoms. The zero-order valence-corrected chi connectivity index (χ0v) is 10.9. The smallest absolute Gasteiger partial charge is 0.0443 e. The zero-order valence-electron chi connectivity index (χ0n) is 8.32.